The molecule has 96 valence electrons. The van der Waals surface area contributed by atoms with Gasteiger partial charge in [-0.2, -0.15) is 0 Å². The van der Waals surface area contributed by atoms with Crippen LogP contribution in [0.3, 0.4) is 0 Å². The first-order valence-electron chi connectivity index (χ1n) is 6.16. The van der Waals surface area contributed by atoms with Crippen molar-refractivity contribution in [1.82, 2.24) is 4.98 Å². The zero-order valence-corrected chi connectivity index (χ0v) is 11.6. The molecule has 1 N–H and O–H groups in total. The molecule has 0 unspecified atom stereocenters. The number of hydrogen-bond acceptors (Lipinski definition) is 4. The molecule has 1 heterocycles. The Balaban J connectivity index is 1.99. The van der Waals surface area contributed by atoms with E-state index in [0.29, 0.717) is 0 Å². The second kappa shape index (κ2) is 6.40. The Labute approximate surface area is 112 Å². The first-order valence-corrected chi connectivity index (χ1v) is 6.98. The topological polar surface area (TPSA) is 34.1 Å². The summed E-state index contributed by atoms with van der Waals surface area (Å²) in [6.07, 6.45) is 2.94. The van der Waals surface area contributed by atoms with Gasteiger partial charge in [-0.1, -0.05) is 19.1 Å². The molecule has 3 nitrogen and oxygen atoms in total. The highest BCUT2D eigenvalue weighted by Crippen LogP contribution is 2.25. The van der Waals surface area contributed by atoms with E-state index in [1.54, 1.807) is 11.3 Å². The van der Waals surface area contributed by atoms with Crippen LogP contribution in [0.1, 0.15) is 23.2 Å². The molecule has 1 aromatic heterocycles. The summed E-state index contributed by atoms with van der Waals surface area (Å²) >= 11 is 1.72. The normalized spacial score (nSPS) is 10.3. The van der Waals surface area contributed by atoms with Crippen LogP contribution in [-0.2, 0) is 6.54 Å². The summed E-state index contributed by atoms with van der Waals surface area (Å²) in [5.41, 5.74) is 1.04. The fraction of sp³-hybridized carbons (Fsp3) is 0.357. The van der Waals surface area contributed by atoms with Gasteiger partial charge in [0.2, 0.25) is 0 Å². The van der Waals surface area contributed by atoms with Crippen molar-refractivity contribution in [2.45, 2.75) is 26.8 Å². The van der Waals surface area contributed by atoms with E-state index in [1.807, 2.05) is 37.4 Å². The molecule has 18 heavy (non-hydrogen) atoms. The zero-order valence-electron chi connectivity index (χ0n) is 10.8. The van der Waals surface area contributed by atoms with Crippen molar-refractivity contribution in [1.29, 1.82) is 0 Å². The van der Waals surface area contributed by atoms with Gasteiger partial charge < -0.3 is 10.1 Å². The van der Waals surface area contributed by atoms with E-state index in [1.165, 1.54) is 4.88 Å². The molecule has 0 spiro atoms. The number of hydrogen-bond donors (Lipinski definition) is 1. The third kappa shape index (κ3) is 3.47. The summed E-state index contributed by atoms with van der Waals surface area (Å²) in [4.78, 5) is 5.48. The molecule has 0 saturated heterocycles. The fourth-order valence-corrected chi connectivity index (χ4v) is 2.35. The van der Waals surface area contributed by atoms with Crippen molar-refractivity contribution < 1.29 is 4.74 Å². The van der Waals surface area contributed by atoms with Crippen LogP contribution in [0.25, 0.3) is 0 Å². The fourth-order valence-electron chi connectivity index (χ4n) is 1.62. The van der Waals surface area contributed by atoms with E-state index in [2.05, 4.69) is 17.2 Å². The third-order valence-electron chi connectivity index (χ3n) is 2.47. The zero-order chi connectivity index (χ0) is 12.8. The van der Waals surface area contributed by atoms with E-state index in [-0.39, 0.29) is 0 Å². The molecule has 0 aliphatic carbocycles. The number of nitrogens with one attached hydrogen (secondary N) is 1. The number of thiazole rings is 1. The summed E-state index contributed by atoms with van der Waals surface area (Å²) in [6, 6.07) is 8.04. The number of para-hydroxylation sites is 2. The standard InChI is InChI=1S/C14H18N2OS/c1-3-8-17-14-7-5-4-6-13(14)16-10-12-9-15-11(2)18-12/h4-7,9,16H,3,8,10H2,1-2H3. The number of rotatable bonds is 6. The smallest absolute Gasteiger partial charge is 0.142 e. The van der Waals surface area contributed by atoms with Crippen LogP contribution in [0.2, 0.25) is 0 Å². The second-order valence-electron chi connectivity index (χ2n) is 4.04. The molecule has 0 atom stereocenters. The molecular formula is C14H18N2OS. The average molecular weight is 262 g/mol. The van der Waals surface area contributed by atoms with Crippen molar-refractivity contribution in [3.8, 4) is 5.75 Å². The van der Waals surface area contributed by atoms with Crippen molar-refractivity contribution in [3.63, 3.8) is 0 Å². The highest BCUT2D eigenvalue weighted by Gasteiger charge is 2.03. The predicted molar refractivity (Wildman–Crippen MR) is 76.4 cm³/mol. The maximum Gasteiger partial charge on any atom is 0.142 e. The van der Waals surface area contributed by atoms with E-state index < -0.39 is 0 Å². The van der Waals surface area contributed by atoms with Crippen LogP contribution in [0.4, 0.5) is 5.69 Å². The molecule has 0 amide bonds. The van der Waals surface area contributed by atoms with Gasteiger partial charge in [-0.15, -0.1) is 11.3 Å². The van der Waals surface area contributed by atoms with E-state index in [4.69, 9.17) is 4.74 Å². The summed E-state index contributed by atoms with van der Waals surface area (Å²) < 4.78 is 5.71. The first-order chi connectivity index (χ1) is 8.79. The van der Waals surface area contributed by atoms with Crippen molar-refractivity contribution in [3.05, 3.63) is 40.3 Å². The van der Waals surface area contributed by atoms with Gasteiger partial charge in [-0.05, 0) is 25.5 Å². The van der Waals surface area contributed by atoms with E-state index >= 15 is 0 Å². The molecule has 2 aromatic rings. The SMILES string of the molecule is CCCOc1ccccc1NCc1cnc(C)s1. The lowest BCUT2D eigenvalue weighted by molar-refractivity contribution is 0.319. The number of nitrogens with zero attached hydrogens (tertiary/aromatic N) is 1. The van der Waals surface area contributed by atoms with Gasteiger partial charge in [-0.3, -0.25) is 0 Å². The van der Waals surface area contributed by atoms with Gasteiger partial charge in [0, 0.05) is 11.1 Å². The number of aromatic nitrogens is 1. The number of benzene rings is 1. The van der Waals surface area contributed by atoms with Crippen LogP contribution in [-0.4, -0.2) is 11.6 Å². The van der Waals surface area contributed by atoms with Crippen molar-refractivity contribution in [2.24, 2.45) is 0 Å². The van der Waals surface area contributed by atoms with Crippen molar-refractivity contribution >= 4 is 17.0 Å². The highest BCUT2D eigenvalue weighted by atomic mass is 32.1. The maximum absolute atomic E-state index is 5.71. The molecule has 1 aromatic carbocycles. The summed E-state index contributed by atoms with van der Waals surface area (Å²) in [7, 11) is 0. The van der Waals surface area contributed by atoms with Gasteiger partial charge in [0.15, 0.2) is 0 Å². The van der Waals surface area contributed by atoms with Crippen LogP contribution >= 0.6 is 11.3 Å². The van der Waals surface area contributed by atoms with Crippen LogP contribution in [0.15, 0.2) is 30.5 Å². The summed E-state index contributed by atoms with van der Waals surface area (Å²) in [5, 5.41) is 4.50. The van der Waals surface area contributed by atoms with Crippen LogP contribution < -0.4 is 10.1 Å². The summed E-state index contributed by atoms with van der Waals surface area (Å²) in [6.45, 7) is 5.67. The molecule has 0 bridgehead atoms. The molecule has 2 rings (SSSR count). The molecule has 0 fully saturated rings. The minimum absolute atomic E-state index is 0.748. The third-order valence-corrected chi connectivity index (χ3v) is 3.38. The lowest BCUT2D eigenvalue weighted by Gasteiger charge is -2.11. The Hall–Kier alpha value is -1.55. The van der Waals surface area contributed by atoms with Gasteiger partial charge in [0.25, 0.3) is 0 Å². The molecule has 0 aliphatic heterocycles. The number of anilines is 1. The van der Waals surface area contributed by atoms with Gasteiger partial charge >= 0.3 is 0 Å². The molecule has 4 heteroatoms. The van der Waals surface area contributed by atoms with E-state index in [9.17, 15) is 0 Å². The molecule has 0 saturated carbocycles. The Kier molecular flexibility index (Phi) is 4.59. The monoisotopic (exact) mass is 262 g/mol. The maximum atomic E-state index is 5.71. The second-order valence-corrected chi connectivity index (χ2v) is 5.36. The van der Waals surface area contributed by atoms with Gasteiger partial charge in [-0.25, -0.2) is 4.98 Å². The van der Waals surface area contributed by atoms with Gasteiger partial charge in [0.05, 0.1) is 23.8 Å². The first kappa shape index (κ1) is 12.9. The number of aryl methyl sites for hydroxylation is 1. The Bertz CT molecular complexity index is 496. The largest absolute Gasteiger partial charge is 0.491 e. The van der Waals surface area contributed by atoms with Crippen LogP contribution in [0, 0.1) is 6.92 Å². The minimum atomic E-state index is 0.748. The average Bonchev–Trinajstić information content (AvgIpc) is 2.81. The Morgan fingerprint density at radius 1 is 1.33 bits per heavy atom. The number of ether oxygens (including phenoxy) is 1. The quantitative estimate of drug-likeness (QED) is 0.858. The lowest BCUT2D eigenvalue weighted by Crippen LogP contribution is -2.02. The summed E-state index contributed by atoms with van der Waals surface area (Å²) in [5.74, 6) is 0.917. The minimum Gasteiger partial charge on any atom is -0.491 e. The Morgan fingerprint density at radius 3 is 2.89 bits per heavy atom. The molecule has 0 radical (unpaired) electrons. The van der Waals surface area contributed by atoms with Gasteiger partial charge in [0.1, 0.15) is 5.75 Å². The lowest BCUT2D eigenvalue weighted by atomic mass is 10.3. The molecule has 0 aliphatic rings. The molecular weight excluding hydrogens is 244 g/mol. The Morgan fingerprint density at radius 2 is 2.17 bits per heavy atom. The van der Waals surface area contributed by atoms with Crippen LogP contribution in [0.5, 0.6) is 5.75 Å². The van der Waals surface area contributed by atoms with Crippen molar-refractivity contribution in [2.75, 3.05) is 11.9 Å². The van der Waals surface area contributed by atoms with E-state index in [0.717, 1.165) is 36.0 Å². The predicted octanol–water partition coefficient (Wildman–Crippen LogP) is 3.85. The highest BCUT2D eigenvalue weighted by molar-refractivity contribution is 7.11.